The molecule has 0 amide bonds. The maximum absolute atomic E-state index is 14.4. The molecule has 2 aromatic rings. The predicted octanol–water partition coefficient (Wildman–Crippen LogP) is 3.89. The van der Waals surface area contributed by atoms with Crippen molar-refractivity contribution in [1.29, 1.82) is 0 Å². The number of benzene rings is 1. The van der Waals surface area contributed by atoms with E-state index in [2.05, 4.69) is 4.98 Å². The van der Waals surface area contributed by atoms with Crippen molar-refractivity contribution in [3.8, 4) is 11.6 Å². The number of hydrogen-bond donors (Lipinski definition) is 1. The molecule has 0 atom stereocenters. The third-order valence-electron chi connectivity index (χ3n) is 2.75. The standard InChI is InChI=1S/C15H17FN2O/c1-15(2,3)11-5-4-6-12(14(11)16)19-13-8-7-10(17)9-18-13/h4-9H,17H2,1-3H3. The highest BCUT2D eigenvalue weighted by Gasteiger charge is 2.21. The molecule has 0 radical (unpaired) electrons. The number of nitrogen functional groups attached to an aromatic ring is 1. The Kier molecular flexibility index (Phi) is 3.42. The molecule has 0 unspecified atom stereocenters. The van der Waals surface area contributed by atoms with Gasteiger partial charge in [0.05, 0.1) is 11.9 Å². The number of aromatic nitrogens is 1. The van der Waals surface area contributed by atoms with Crippen LogP contribution < -0.4 is 10.5 Å². The Morgan fingerprint density at radius 3 is 2.47 bits per heavy atom. The van der Waals surface area contributed by atoms with Crippen LogP contribution >= 0.6 is 0 Å². The van der Waals surface area contributed by atoms with Crippen LogP contribution in [0.15, 0.2) is 36.5 Å². The molecule has 0 bridgehead atoms. The molecule has 0 saturated heterocycles. The lowest BCUT2D eigenvalue weighted by molar-refractivity contribution is 0.414. The van der Waals surface area contributed by atoms with E-state index >= 15 is 0 Å². The summed E-state index contributed by atoms with van der Waals surface area (Å²) in [6.07, 6.45) is 1.47. The molecule has 0 spiro atoms. The minimum atomic E-state index is -0.353. The molecule has 0 aliphatic rings. The van der Waals surface area contributed by atoms with Gasteiger partial charge in [-0.3, -0.25) is 0 Å². The summed E-state index contributed by atoms with van der Waals surface area (Å²) >= 11 is 0. The van der Waals surface area contributed by atoms with Gasteiger partial charge in [0.15, 0.2) is 11.6 Å². The molecule has 0 saturated carbocycles. The lowest BCUT2D eigenvalue weighted by Crippen LogP contribution is -2.13. The Labute approximate surface area is 112 Å². The highest BCUT2D eigenvalue weighted by Crippen LogP contribution is 2.32. The van der Waals surface area contributed by atoms with Gasteiger partial charge in [-0.2, -0.15) is 0 Å². The van der Waals surface area contributed by atoms with Gasteiger partial charge in [-0.05, 0) is 23.1 Å². The maximum Gasteiger partial charge on any atom is 0.219 e. The largest absolute Gasteiger partial charge is 0.436 e. The number of halogens is 1. The summed E-state index contributed by atoms with van der Waals surface area (Å²) in [6, 6.07) is 8.39. The molecule has 1 aromatic heterocycles. The second-order valence-corrected chi connectivity index (χ2v) is 5.40. The molecule has 1 aromatic carbocycles. The second kappa shape index (κ2) is 4.88. The van der Waals surface area contributed by atoms with E-state index in [9.17, 15) is 4.39 Å². The molecule has 100 valence electrons. The lowest BCUT2D eigenvalue weighted by Gasteiger charge is -2.20. The molecule has 2 rings (SSSR count). The van der Waals surface area contributed by atoms with E-state index < -0.39 is 0 Å². The number of pyridine rings is 1. The van der Waals surface area contributed by atoms with Crippen molar-refractivity contribution < 1.29 is 9.13 Å². The number of rotatable bonds is 2. The van der Waals surface area contributed by atoms with Crippen LogP contribution in [-0.4, -0.2) is 4.98 Å². The first kappa shape index (κ1) is 13.3. The van der Waals surface area contributed by atoms with Crippen LogP contribution in [0, 0.1) is 5.82 Å². The summed E-state index contributed by atoms with van der Waals surface area (Å²) in [5, 5.41) is 0. The van der Waals surface area contributed by atoms with Gasteiger partial charge in [0, 0.05) is 6.07 Å². The lowest BCUT2D eigenvalue weighted by atomic mass is 9.86. The van der Waals surface area contributed by atoms with Gasteiger partial charge >= 0.3 is 0 Å². The van der Waals surface area contributed by atoms with Crippen molar-refractivity contribution in [3.05, 3.63) is 47.9 Å². The van der Waals surface area contributed by atoms with Gasteiger partial charge in [0.1, 0.15) is 0 Å². The van der Waals surface area contributed by atoms with Gasteiger partial charge in [-0.25, -0.2) is 9.37 Å². The first-order valence-corrected chi connectivity index (χ1v) is 6.06. The zero-order valence-corrected chi connectivity index (χ0v) is 11.3. The van der Waals surface area contributed by atoms with Gasteiger partial charge in [-0.15, -0.1) is 0 Å². The van der Waals surface area contributed by atoms with Crippen LogP contribution in [0.3, 0.4) is 0 Å². The molecule has 1 heterocycles. The normalized spacial score (nSPS) is 11.4. The SMILES string of the molecule is CC(C)(C)c1cccc(Oc2ccc(N)cn2)c1F. The zero-order valence-electron chi connectivity index (χ0n) is 11.3. The molecular formula is C15H17FN2O. The summed E-state index contributed by atoms with van der Waals surface area (Å²) in [4.78, 5) is 3.99. The molecular weight excluding hydrogens is 243 g/mol. The molecule has 4 heteroatoms. The average molecular weight is 260 g/mol. The summed E-state index contributed by atoms with van der Waals surface area (Å²) < 4.78 is 19.8. The first-order chi connectivity index (χ1) is 8.88. The fourth-order valence-electron chi connectivity index (χ4n) is 1.73. The van der Waals surface area contributed by atoms with Crippen molar-refractivity contribution in [3.63, 3.8) is 0 Å². The van der Waals surface area contributed by atoms with Crippen molar-refractivity contribution in [2.75, 3.05) is 5.73 Å². The van der Waals surface area contributed by atoms with Crippen LogP contribution in [-0.2, 0) is 5.41 Å². The Bertz CT molecular complexity index is 574. The maximum atomic E-state index is 14.4. The van der Waals surface area contributed by atoms with Crippen molar-refractivity contribution in [2.45, 2.75) is 26.2 Å². The second-order valence-electron chi connectivity index (χ2n) is 5.40. The molecule has 0 aliphatic carbocycles. The molecule has 0 aliphatic heterocycles. The smallest absolute Gasteiger partial charge is 0.219 e. The summed E-state index contributed by atoms with van der Waals surface area (Å²) in [6.45, 7) is 5.87. The Morgan fingerprint density at radius 2 is 1.89 bits per heavy atom. The van der Waals surface area contributed by atoms with Crippen molar-refractivity contribution >= 4 is 5.69 Å². The molecule has 0 fully saturated rings. The summed E-state index contributed by atoms with van der Waals surface area (Å²) in [5.74, 6) is 0.137. The molecule has 19 heavy (non-hydrogen) atoms. The minimum absolute atomic E-state index is 0.171. The molecule has 2 N–H and O–H groups in total. The Balaban J connectivity index is 2.33. The fourth-order valence-corrected chi connectivity index (χ4v) is 1.73. The van der Waals surface area contributed by atoms with E-state index in [1.54, 1.807) is 30.3 Å². The average Bonchev–Trinajstić information content (AvgIpc) is 2.33. The number of nitrogens with zero attached hydrogens (tertiary/aromatic N) is 1. The summed E-state index contributed by atoms with van der Waals surface area (Å²) in [5.41, 5.74) is 6.41. The zero-order chi connectivity index (χ0) is 14.0. The van der Waals surface area contributed by atoms with Gasteiger partial charge in [0.2, 0.25) is 5.88 Å². The van der Waals surface area contributed by atoms with E-state index in [-0.39, 0.29) is 17.0 Å². The van der Waals surface area contributed by atoms with E-state index in [1.807, 2.05) is 20.8 Å². The quantitative estimate of drug-likeness (QED) is 0.891. The van der Waals surface area contributed by atoms with Crippen LogP contribution in [0.4, 0.5) is 10.1 Å². The number of ether oxygens (including phenoxy) is 1. The van der Waals surface area contributed by atoms with E-state index in [1.165, 1.54) is 6.20 Å². The van der Waals surface area contributed by atoms with Gasteiger partial charge in [-0.1, -0.05) is 32.9 Å². The van der Waals surface area contributed by atoms with Crippen LogP contribution in [0.2, 0.25) is 0 Å². The van der Waals surface area contributed by atoms with Gasteiger partial charge < -0.3 is 10.5 Å². The topological polar surface area (TPSA) is 48.1 Å². The van der Waals surface area contributed by atoms with Crippen molar-refractivity contribution in [1.82, 2.24) is 4.98 Å². The van der Waals surface area contributed by atoms with E-state index in [4.69, 9.17) is 10.5 Å². The predicted molar refractivity (Wildman–Crippen MR) is 73.8 cm³/mol. The van der Waals surface area contributed by atoms with Crippen LogP contribution in [0.1, 0.15) is 26.3 Å². The first-order valence-electron chi connectivity index (χ1n) is 6.06. The monoisotopic (exact) mass is 260 g/mol. The number of nitrogens with two attached hydrogens (primary N) is 1. The van der Waals surface area contributed by atoms with Crippen LogP contribution in [0.5, 0.6) is 11.6 Å². The van der Waals surface area contributed by atoms with Crippen LogP contribution in [0.25, 0.3) is 0 Å². The Morgan fingerprint density at radius 1 is 1.16 bits per heavy atom. The van der Waals surface area contributed by atoms with Gasteiger partial charge in [0.25, 0.3) is 0 Å². The third kappa shape index (κ3) is 3.02. The summed E-state index contributed by atoms with van der Waals surface area (Å²) in [7, 11) is 0. The highest BCUT2D eigenvalue weighted by molar-refractivity contribution is 5.39. The fraction of sp³-hybridized carbons (Fsp3) is 0.267. The minimum Gasteiger partial charge on any atom is -0.436 e. The van der Waals surface area contributed by atoms with E-state index in [0.717, 1.165) is 0 Å². The number of hydrogen-bond acceptors (Lipinski definition) is 3. The molecule has 3 nitrogen and oxygen atoms in total. The highest BCUT2D eigenvalue weighted by atomic mass is 19.1. The van der Waals surface area contributed by atoms with E-state index in [0.29, 0.717) is 17.1 Å². The Hall–Kier alpha value is -2.10. The van der Waals surface area contributed by atoms with Crippen molar-refractivity contribution in [2.24, 2.45) is 0 Å². The third-order valence-corrected chi connectivity index (χ3v) is 2.75. The number of anilines is 1.